The van der Waals surface area contributed by atoms with Crippen molar-refractivity contribution in [2.45, 2.75) is 20.0 Å². The molecule has 2 aromatic rings. The van der Waals surface area contributed by atoms with E-state index in [1.165, 1.54) is 4.90 Å². The van der Waals surface area contributed by atoms with Crippen LogP contribution < -0.4 is 14.5 Å². The predicted octanol–water partition coefficient (Wildman–Crippen LogP) is 2.75. The smallest absolute Gasteiger partial charge is 0.282 e. The molecular formula is C24H29N3O4. The molecule has 31 heavy (non-hydrogen) atoms. The molecule has 0 bridgehead atoms. The molecule has 3 rings (SSSR count). The lowest BCUT2D eigenvalue weighted by Gasteiger charge is -2.21. The Morgan fingerprint density at radius 1 is 0.935 bits per heavy atom. The summed E-state index contributed by atoms with van der Waals surface area (Å²) < 4.78 is 5.69. The van der Waals surface area contributed by atoms with Gasteiger partial charge in [-0.3, -0.25) is 9.59 Å². The van der Waals surface area contributed by atoms with Crippen LogP contribution in [-0.4, -0.2) is 62.2 Å². The number of nitrogens with zero attached hydrogens (tertiary/aromatic N) is 3. The van der Waals surface area contributed by atoms with Crippen LogP contribution in [0.1, 0.15) is 19.4 Å². The van der Waals surface area contributed by atoms with Gasteiger partial charge in [-0.15, -0.1) is 0 Å². The Hall–Kier alpha value is -3.32. The largest absolute Gasteiger partial charge is 0.491 e. The molecule has 1 aliphatic heterocycles. The van der Waals surface area contributed by atoms with Gasteiger partial charge in [0.15, 0.2) is 0 Å². The third-order valence-corrected chi connectivity index (χ3v) is 5.02. The number of carbonyl (C=O) groups excluding carboxylic acids is 2. The fourth-order valence-electron chi connectivity index (χ4n) is 3.50. The quantitative estimate of drug-likeness (QED) is 0.659. The van der Waals surface area contributed by atoms with Crippen LogP contribution in [0.25, 0.3) is 5.57 Å². The van der Waals surface area contributed by atoms with Gasteiger partial charge >= 0.3 is 0 Å². The van der Waals surface area contributed by atoms with Gasteiger partial charge in [-0.1, -0.05) is 12.1 Å². The molecule has 1 heterocycles. The Bertz CT molecular complexity index is 979. The molecule has 1 N–H and O–H groups in total. The molecule has 164 valence electrons. The van der Waals surface area contributed by atoms with E-state index in [1.54, 1.807) is 48.3 Å². The summed E-state index contributed by atoms with van der Waals surface area (Å²) in [6.07, 6.45) is 0.0339. The Morgan fingerprint density at radius 3 is 2.06 bits per heavy atom. The van der Waals surface area contributed by atoms with Crippen LogP contribution in [-0.2, 0) is 9.59 Å². The number of ether oxygens (including phenoxy) is 1. The topological polar surface area (TPSA) is 73.3 Å². The lowest BCUT2D eigenvalue weighted by Crippen LogP contribution is -2.34. The molecule has 0 atom stereocenters. The molecular weight excluding hydrogens is 394 g/mol. The molecule has 1 aliphatic rings. The van der Waals surface area contributed by atoms with E-state index in [2.05, 4.69) is 0 Å². The molecule has 2 amide bonds. The van der Waals surface area contributed by atoms with Crippen LogP contribution in [0.5, 0.6) is 5.75 Å². The fourth-order valence-corrected chi connectivity index (χ4v) is 3.50. The first-order valence-electron chi connectivity index (χ1n) is 10.2. The number of carbonyl (C=O) groups is 2. The van der Waals surface area contributed by atoms with Crippen molar-refractivity contribution < 1.29 is 19.4 Å². The van der Waals surface area contributed by atoms with Crippen molar-refractivity contribution in [1.82, 2.24) is 4.90 Å². The molecule has 7 heteroatoms. The number of hydrogen-bond donors (Lipinski definition) is 1. The summed E-state index contributed by atoms with van der Waals surface area (Å²) >= 11 is 0. The van der Waals surface area contributed by atoms with Gasteiger partial charge in [0.2, 0.25) is 0 Å². The van der Waals surface area contributed by atoms with Gasteiger partial charge in [0.1, 0.15) is 11.4 Å². The summed E-state index contributed by atoms with van der Waals surface area (Å²) in [5.74, 6) is -0.103. The van der Waals surface area contributed by atoms with Gasteiger partial charge in [0.25, 0.3) is 11.8 Å². The SMILES string of the molecule is CC(C)Oc1ccc(C2=C(N(C)CCO)C(=O)N(c3ccc(N(C)C)cc3)C2=O)cc1. The summed E-state index contributed by atoms with van der Waals surface area (Å²) in [7, 11) is 5.55. The second-order valence-electron chi connectivity index (χ2n) is 7.92. The Morgan fingerprint density at radius 2 is 1.55 bits per heavy atom. The Labute approximate surface area is 183 Å². The standard InChI is InChI=1S/C24H29N3O4/c1-16(2)31-20-12-6-17(7-13-20)21-22(26(5)14-15-28)24(30)27(23(21)29)19-10-8-18(9-11-19)25(3)4/h6-13,16,28H,14-15H2,1-5H3. The molecule has 0 aromatic heterocycles. The van der Waals surface area contributed by atoms with E-state index in [-0.39, 0.29) is 30.9 Å². The number of benzene rings is 2. The average molecular weight is 424 g/mol. The minimum absolute atomic E-state index is 0.0339. The van der Waals surface area contributed by atoms with Crippen molar-refractivity contribution in [3.63, 3.8) is 0 Å². The van der Waals surface area contributed by atoms with Crippen LogP contribution in [0.3, 0.4) is 0 Å². The highest BCUT2D eigenvalue weighted by atomic mass is 16.5. The van der Waals surface area contributed by atoms with Crippen molar-refractivity contribution in [2.75, 3.05) is 44.1 Å². The van der Waals surface area contributed by atoms with E-state index >= 15 is 0 Å². The number of amides is 2. The maximum absolute atomic E-state index is 13.4. The number of aliphatic hydroxyl groups is 1. The predicted molar refractivity (Wildman–Crippen MR) is 122 cm³/mol. The Balaban J connectivity index is 2.02. The zero-order valence-corrected chi connectivity index (χ0v) is 18.6. The molecule has 0 saturated carbocycles. The lowest BCUT2D eigenvalue weighted by molar-refractivity contribution is -0.120. The van der Waals surface area contributed by atoms with Gasteiger partial charge in [-0.2, -0.15) is 0 Å². The number of aliphatic hydroxyl groups excluding tert-OH is 1. The Kier molecular flexibility index (Phi) is 6.65. The van der Waals surface area contributed by atoms with Gasteiger partial charge < -0.3 is 19.6 Å². The number of anilines is 2. The van der Waals surface area contributed by atoms with Crippen LogP contribution >= 0.6 is 0 Å². The number of hydrogen-bond acceptors (Lipinski definition) is 6. The van der Waals surface area contributed by atoms with E-state index < -0.39 is 5.91 Å². The second-order valence-corrected chi connectivity index (χ2v) is 7.92. The number of imide groups is 1. The highest BCUT2D eigenvalue weighted by Gasteiger charge is 2.41. The van der Waals surface area contributed by atoms with Gasteiger partial charge in [-0.05, 0) is 55.8 Å². The maximum Gasteiger partial charge on any atom is 0.282 e. The molecule has 2 aromatic carbocycles. The molecule has 0 radical (unpaired) electrons. The third kappa shape index (κ3) is 4.56. The summed E-state index contributed by atoms with van der Waals surface area (Å²) in [5, 5.41) is 9.40. The third-order valence-electron chi connectivity index (χ3n) is 5.02. The molecule has 7 nitrogen and oxygen atoms in total. The maximum atomic E-state index is 13.4. The number of likely N-dealkylation sites (N-methyl/N-ethyl adjacent to an activating group) is 1. The molecule has 0 spiro atoms. The van der Waals surface area contributed by atoms with E-state index in [9.17, 15) is 14.7 Å². The minimum atomic E-state index is -0.406. The van der Waals surface area contributed by atoms with Crippen LogP contribution in [0.15, 0.2) is 54.2 Å². The highest BCUT2D eigenvalue weighted by Crippen LogP contribution is 2.35. The first-order chi connectivity index (χ1) is 14.7. The lowest BCUT2D eigenvalue weighted by atomic mass is 10.0. The second kappa shape index (κ2) is 9.22. The van der Waals surface area contributed by atoms with Crippen molar-refractivity contribution in [1.29, 1.82) is 0 Å². The van der Waals surface area contributed by atoms with Gasteiger partial charge in [0, 0.05) is 33.4 Å². The zero-order chi connectivity index (χ0) is 22.7. The van der Waals surface area contributed by atoms with Crippen molar-refractivity contribution in [3.8, 4) is 5.75 Å². The summed E-state index contributed by atoms with van der Waals surface area (Å²) in [6, 6.07) is 14.4. The minimum Gasteiger partial charge on any atom is -0.491 e. The van der Waals surface area contributed by atoms with Crippen LogP contribution in [0.4, 0.5) is 11.4 Å². The summed E-state index contributed by atoms with van der Waals surface area (Å²) in [6.45, 7) is 3.99. The van der Waals surface area contributed by atoms with E-state index in [1.807, 2.05) is 45.0 Å². The normalized spacial score (nSPS) is 14.0. The molecule has 0 unspecified atom stereocenters. The molecule has 0 aliphatic carbocycles. The van der Waals surface area contributed by atoms with Crippen LogP contribution in [0.2, 0.25) is 0 Å². The zero-order valence-electron chi connectivity index (χ0n) is 18.6. The van der Waals surface area contributed by atoms with E-state index in [0.29, 0.717) is 22.6 Å². The number of rotatable bonds is 8. The van der Waals surface area contributed by atoms with Gasteiger partial charge in [-0.25, -0.2) is 4.90 Å². The fraction of sp³-hybridized carbons (Fsp3) is 0.333. The molecule has 0 saturated heterocycles. The highest BCUT2D eigenvalue weighted by molar-refractivity contribution is 6.45. The average Bonchev–Trinajstić information content (AvgIpc) is 2.98. The van der Waals surface area contributed by atoms with Crippen molar-refractivity contribution in [3.05, 3.63) is 59.8 Å². The van der Waals surface area contributed by atoms with E-state index in [4.69, 9.17) is 4.74 Å². The monoisotopic (exact) mass is 423 g/mol. The summed E-state index contributed by atoms with van der Waals surface area (Å²) in [4.78, 5) is 31.5. The van der Waals surface area contributed by atoms with Crippen molar-refractivity contribution in [2.24, 2.45) is 0 Å². The van der Waals surface area contributed by atoms with Crippen LogP contribution in [0, 0.1) is 0 Å². The van der Waals surface area contributed by atoms with Crippen molar-refractivity contribution >= 4 is 28.8 Å². The molecule has 0 fully saturated rings. The van der Waals surface area contributed by atoms with Gasteiger partial charge in [0.05, 0.1) is 24.0 Å². The van der Waals surface area contributed by atoms with E-state index in [0.717, 1.165) is 5.69 Å². The first kappa shape index (κ1) is 22.4. The summed E-state index contributed by atoms with van der Waals surface area (Å²) in [5.41, 5.74) is 2.68. The first-order valence-corrected chi connectivity index (χ1v) is 10.2.